The van der Waals surface area contributed by atoms with E-state index < -0.39 is 11.8 Å². The molecule has 5 heteroatoms. The number of aromatic nitrogens is 1. The van der Waals surface area contributed by atoms with Crippen LogP contribution in [0.15, 0.2) is 12.1 Å². The van der Waals surface area contributed by atoms with Gasteiger partial charge in [-0.1, -0.05) is 0 Å². The highest BCUT2D eigenvalue weighted by Gasteiger charge is 2.27. The van der Waals surface area contributed by atoms with E-state index in [-0.39, 0.29) is 5.56 Å². The third-order valence-electron chi connectivity index (χ3n) is 2.83. The highest BCUT2D eigenvalue weighted by molar-refractivity contribution is 7.18. The summed E-state index contributed by atoms with van der Waals surface area (Å²) in [6.45, 7) is 0. The molecule has 17 heavy (non-hydrogen) atoms. The number of nitrogens with zero attached hydrogens (tertiary/aromatic N) is 1. The molecule has 1 aliphatic carbocycles. The number of halogens is 1. The molecule has 1 aliphatic rings. The lowest BCUT2D eigenvalue weighted by atomic mass is 10.2. The second-order valence-corrected chi connectivity index (χ2v) is 5.18. The zero-order chi connectivity index (χ0) is 12.0. The maximum absolute atomic E-state index is 13.6. The molecule has 3 rings (SSSR count). The average Bonchev–Trinajstić information content (AvgIpc) is 3.08. The lowest BCUT2D eigenvalue weighted by Gasteiger charge is -2.00. The highest BCUT2D eigenvalue weighted by Crippen LogP contribution is 2.43. The van der Waals surface area contributed by atoms with Crippen molar-refractivity contribution in [3.8, 4) is 0 Å². The van der Waals surface area contributed by atoms with E-state index in [9.17, 15) is 9.18 Å². The molecule has 88 valence electrons. The minimum atomic E-state index is -0.647. The minimum Gasteiger partial charge on any atom is -0.465 e. The lowest BCUT2D eigenvalue weighted by molar-refractivity contribution is 0.0596. The van der Waals surface area contributed by atoms with Crippen LogP contribution in [-0.4, -0.2) is 18.1 Å². The Morgan fingerprint density at radius 2 is 2.29 bits per heavy atom. The number of fused-ring (bicyclic) bond motifs is 1. The zero-order valence-corrected chi connectivity index (χ0v) is 10.0. The van der Waals surface area contributed by atoms with E-state index in [0.717, 1.165) is 22.5 Å². The molecular weight excluding hydrogens is 241 g/mol. The number of methoxy groups -OCH3 is 1. The molecule has 0 spiro atoms. The maximum Gasteiger partial charge on any atom is 0.340 e. The van der Waals surface area contributed by atoms with E-state index in [4.69, 9.17) is 0 Å². The van der Waals surface area contributed by atoms with Crippen molar-refractivity contribution in [1.82, 2.24) is 4.98 Å². The van der Waals surface area contributed by atoms with Crippen LogP contribution < -0.4 is 0 Å². The van der Waals surface area contributed by atoms with Crippen molar-refractivity contribution in [2.45, 2.75) is 18.8 Å². The Hall–Kier alpha value is -1.49. The van der Waals surface area contributed by atoms with Gasteiger partial charge in [0, 0.05) is 12.0 Å². The molecule has 0 N–H and O–H groups in total. The van der Waals surface area contributed by atoms with Gasteiger partial charge in [-0.3, -0.25) is 0 Å². The Morgan fingerprint density at radius 1 is 1.53 bits per heavy atom. The van der Waals surface area contributed by atoms with Crippen LogP contribution in [-0.2, 0) is 4.74 Å². The van der Waals surface area contributed by atoms with Crippen molar-refractivity contribution in [3.63, 3.8) is 0 Å². The summed E-state index contributed by atoms with van der Waals surface area (Å²) < 4.78 is 19.0. The van der Waals surface area contributed by atoms with Crippen LogP contribution in [0.3, 0.4) is 0 Å². The zero-order valence-electron chi connectivity index (χ0n) is 9.20. The first kappa shape index (κ1) is 10.7. The van der Waals surface area contributed by atoms with Gasteiger partial charge in [-0.05, 0) is 18.9 Å². The van der Waals surface area contributed by atoms with Crippen LogP contribution in [0.4, 0.5) is 4.39 Å². The van der Waals surface area contributed by atoms with Crippen LogP contribution in [0.1, 0.15) is 34.1 Å². The van der Waals surface area contributed by atoms with Gasteiger partial charge in [-0.25, -0.2) is 14.2 Å². The fourth-order valence-electron chi connectivity index (χ4n) is 1.74. The largest absolute Gasteiger partial charge is 0.465 e. The topological polar surface area (TPSA) is 39.2 Å². The van der Waals surface area contributed by atoms with Gasteiger partial charge in [0.25, 0.3) is 0 Å². The van der Waals surface area contributed by atoms with Crippen LogP contribution in [0, 0.1) is 5.82 Å². The molecule has 1 fully saturated rings. The molecule has 0 aliphatic heterocycles. The summed E-state index contributed by atoms with van der Waals surface area (Å²) in [5.41, 5.74) is 0.605. The van der Waals surface area contributed by atoms with Gasteiger partial charge in [0.2, 0.25) is 0 Å². The van der Waals surface area contributed by atoms with E-state index in [1.165, 1.54) is 30.6 Å². The second kappa shape index (κ2) is 3.77. The molecule has 1 aromatic heterocycles. The summed E-state index contributed by atoms with van der Waals surface area (Å²) in [6.07, 6.45) is 2.32. The number of esters is 1. The summed E-state index contributed by atoms with van der Waals surface area (Å²) in [5, 5.41) is 1.04. The minimum absolute atomic E-state index is 0.0222. The number of ether oxygens (including phenoxy) is 1. The first-order valence-corrected chi connectivity index (χ1v) is 6.19. The van der Waals surface area contributed by atoms with Gasteiger partial charge in [-0.2, -0.15) is 0 Å². The molecule has 0 radical (unpaired) electrons. The van der Waals surface area contributed by atoms with Gasteiger partial charge < -0.3 is 4.74 Å². The standard InChI is InChI=1S/C12H10FNO2S/c1-16-12(15)7-4-10-9(5-8(7)13)14-11(17-10)6-2-3-6/h4-6H,2-3H2,1H3. The summed E-state index contributed by atoms with van der Waals surface area (Å²) in [6, 6.07) is 2.84. The van der Waals surface area contributed by atoms with E-state index in [2.05, 4.69) is 9.72 Å². The Labute approximate surface area is 101 Å². The summed E-state index contributed by atoms with van der Waals surface area (Å²) in [4.78, 5) is 15.7. The fourth-order valence-corrected chi connectivity index (χ4v) is 2.90. The van der Waals surface area contributed by atoms with Crippen molar-refractivity contribution in [3.05, 3.63) is 28.5 Å². The molecule has 0 unspecified atom stereocenters. The van der Waals surface area contributed by atoms with E-state index in [0.29, 0.717) is 11.4 Å². The molecule has 2 aromatic rings. The number of carbonyl (C=O) groups is 1. The lowest BCUT2D eigenvalue weighted by Crippen LogP contribution is -2.03. The molecule has 1 saturated carbocycles. The smallest absolute Gasteiger partial charge is 0.340 e. The monoisotopic (exact) mass is 251 g/mol. The van der Waals surface area contributed by atoms with Gasteiger partial charge in [0.05, 0.1) is 27.9 Å². The predicted octanol–water partition coefficient (Wildman–Crippen LogP) is 3.10. The Bertz CT molecular complexity index is 604. The fraction of sp³-hybridized carbons (Fsp3) is 0.333. The highest BCUT2D eigenvalue weighted by atomic mass is 32.1. The van der Waals surface area contributed by atoms with Crippen LogP contribution in [0.5, 0.6) is 0 Å². The second-order valence-electron chi connectivity index (χ2n) is 4.12. The van der Waals surface area contributed by atoms with Crippen LogP contribution >= 0.6 is 11.3 Å². The first-order chi connectivity index (χ1) is 8.19. The molecule has 0 amide bonds. The normalized spacial score (nSPS) is 15.2. The van der Waals surface area contributed by atoms with E-state index >= 15 is 0 Å². The van der Waals surface area contributed by atoms with Crippen LogP contribution in [0.2, 0.25) is 0 Å². The Kier molecular flexibility index (Phi) is 2.36. The quantitative estimate of drug-likeness (QED) is 0.770. The van der Waals surface area contributed by atoms with Crippen molar-refractivity contribution < 1.29 is 13.9 Å². The molecule has 1 aromatic carbocycles. The van der Waals surface area contributed by atoms with Gasteiger partial charge in [0.1, 0.15) is 5.82 Å². The molecule has 1 heterocycles. The SMILES string of the molecule is COC(=O)c1cc2sc(C3CC3)nc2cc1F. The molecular formula is C12H10FNO2S. The van der Waals surface area contributed by atoms with Crippen molar-refractivity contribution in [2.75, 3.05) is 7.11 Å². The number of thiazole rings is 1. The summed E-state index contributed by atoms with van der Waals surface area (Å²) >= 11 is 1.53. The first-order valence-electron chi connectivity index (χ1n) is 5.37. The van der Waals surface area contributed by atoms with Gasteiger partial charge in [0.15, 0.2) is 0 Å². The number of carbonyl (C=O) groups excluding carboxylic acids is 1. The third kappa shape index (κ3) is 1.80. The molecule has 0 bridgehead atoms. The van der Waals surface area contributed by atoms with Crippen molar-refractivity contribution >= 4 is 27.5 Å². The number of hydrogen-bond donors (Lipinski definition) is 0. The van der Waals surface area contributed by atoms with E-state index in [1.54, 1.807) is 0 Å². The Balaban J connectivity index is 2.13. The maximum atomic E-state index is 13.6. The van der Waals surface area contributed by atoms with Crippen molar-refractivity contribution in [1.29, 1.82) is 0 Å². The molecule has 3 nitrogen and oxygen atoms in total. The van der Waals surface area contributed by atoms with Crippen LogP contribution in [0.25, 0.3) is 10.2 Å². The average molecular weight is 251 g/mol. The van der Waals surface area contributed by atoms with Crippen molar-refractivity contribution in [2.24, 2.45) is 0 Å². The van der Waals surface area contributed by atoms with Gasteiger partial charge in [-0.15, -0.1) is 11.3 Å². The number of hydrogen-bond acceptors (Lipinski definition) is 4. The molecule has 0 atom stereocenters. The summed E-state index contributed by atoms with van der Waals surface area (Å²) in [7, 11) is 1.24. The van der Waals surface area contributed by atoms with E-state index in [1.807, 2.05) is 0 Å². The number of rotatable bonds is 2. The van der Waals surface area contributed by atoms with Gasteiger partial charge >= 0.3 is 5.97 Å². The number of benzene rings is 1. The predicted molar refractivity (Wildman–Crippen MR) is 62.9 cm³/mol. The summed E-state index contributed by atoms with van der Waals surface area (Å²) in [5.74, 6) is -0.681. The Morgan fingerprint density at radius 3 is 2.94 bits per heavy atom. The molecule has 0 saturated heterocycles. The third-order valence-corrected chi connectivity index (χ3v) is 4.01.